The molecule has 1 fully saturated rings. The maximum Gasteiger partial charge on any atom is 0.350 e. The van der Waals surface area contributed by atoms with Crippen molar-refractivity contribution in [3.63, 3.8) is 0 Å². The van der Waals surface area contributed by atoms with E-state index >= 15 is 0 Å². The molecule has 1 aliphatic heterocycles. The summed E-state index contributed by atoms with van der Waals surface area (Å²) in [5.41, 5.74) is 2.50. The number of methoxy groups -OCH3 is 1. The summed E-state index contributed by atoms with van der Waals surface area (Å²) in [5.74, 6) is -2.31. The molecule has 2 N–H and O–H groups in total. The van der Waals surface area contributed by atoms with Gasteiger partial charge in [-0.1, -0.05) is 47.7 Å². The molecule has 4 aromatic rings. The summed E-state index contributed by atoms with van der Waals surface area (Å²) < 4.78 is 16.4. The molecule has 226 valence electrons. The smallest absolute Gasteiger partial charge is 0.350 e. The van der Waals surface area contributed by atoms with Crippen molar-refractivity contribution >= 4 is 39.9 Å². The maximum atomic E-state index is 13.6. The number of carbonyl (C=O) groups excluding carboxylic acids is 3. The summed E-state index contributed by atoms with van der Waals surface area (Å²) in [4.78, 5) is 45.3. The Kier molecular flexibility index (Phi) is 8.68. The van der Waals surface area contributed by atoms with Crippen molar-refractivity contribution in [1.82, 2.24) is 4.98 Å². The molecule has 44 heavy (non-hydrogen) atoms. The van der Waals surface area contributed by atoms with Gasteiger partial charge in [-0.3, -0.25) is 14.5 Å². The molecule has 1 atom stereocenters. The number of carbonyl (C=O) groups is 3. The fraction of sp³-hybridized carbons (Fsp3) is 0.212. The number of ether oxygens (including phenoxy) is 3. The first-order chi connectivity index (χ1) is 21.1. The van der Waals surface area contributed by atoms with Gasteiger partial charge in [0.1, 0.15) is 23.0 Å². The van der Waals surface area contributed by atoms with Gasteiger partial charge in [0.2, 0.25) is 0 Å². The van der Waals surface area contributed by atoms with Crippen molar-refractivity contribution in [2.45, 2.75) is 33.4 Å². The minimum atomic E-state index is -1.15. The second-order valence-corrected chi connectivity index (χ2v) is 11.0. The highest BCUT2D eigenvalue weighted by Crippen LogP contribution is 2.45. The number of thiazole rings is 1. The normalized spacial score (nSPS) is 15.8. The van der Waals surface area contributed by atoms with Crippen molar-refractivity contribution in [1.29, 1.82) is 0 Å². The number of hydrogen-bond acceptors (Lipinski definition) is 10. The summed E-state index contributed by atoms with van der Waals surface area (Å²) in [6.07, 6.45) is 0. The number of rotatable bonds is 9. The van der Waals surface area contributed by atoms with E-state index in [0.717, 1.165) is 21.8 Å². The second kappa shape index (κ2) is 12.6. The Morgan fingerprint density at radius 3 is 2.43 bits per heavy atom. The number of Topliss-reactive ketones (excluding diaryl/α,β-unsaturated/α-hetero) is 1. The molecular formula is C33H30N2O8S. The van der Waals surface area contributed by atoms with Crippen LogP contribution in [0.15, 0.2) is 72.3 Å². The molecule has 1 aromatic heterocycles. The number of esters is 1. The second-order valence-electron chi connectivity index (χ2n) is 9.99. The van der Waals surface area contributed by atoms with E-state index in [2.05, 4.69) is 4.98 Å². The number of aliphatic hydroxyl groups is 1. The van der Waals surface area contributed by atoms with E-state index in [1.165, 1.54) is 25.3 Å². The van der Waals surface area contributed by atoms with Gasteiger partial charge >= 0.3 is 11.9 Å². The molecule has 0 bridgehead atoms. The number of aromatic hydroxyl groups is 1. The minimum absolute atomic E-state index is 0.0703. The third-order valence-corrected chi connectivity index (χ3v) is 8.23. The summed E-state index contributed by atoms with van der Waals surface area (Å²) in [6, 6.07) is 17.9. The Balaban J connectivity index is 1.61. The molecule has 1 amide bonds. The zero-order valence-electron chi connectivity index (χ0n) is 24.5. The highest BCUT2D eigenvalue weighted by Gasteiger charge is 2.48. The molecule has 10 nitrogen and oxygen atoms in total. The Hall–Kier alpha value is -5.16. The summed E-state index contributed by atoms with van der Waals surface area (Å²) in [5, 5.41) is 22.0. The van der Waals surface area contributed by atoms with Crippen molar-refractivity contribution in [2.75, 3.05) is 18.6 Å². The zero-order valence-corrected chi connectivity index (χ0v) is 25.3. The van der Waals surface area contributed by atoms with Gasteiger partial charge in [-0.2, -0.15) is 0 Å². The van der Waals surface area contributed by atoms with Crippen LogP contribution < -0.4 is 14.4 Å². The van der Waals surface area contributed by atoms with Crippen LogP contribution >= 0.6 is 11.3 Å². The zero-order chi connectivity index (χ0) is 31.5. The van der Waals surface area contributed by atoms with E-state index in [4.69, 9.17) is 14.2 Å². The molecule has 0 spiro atoms. The van der Waals surface area contributed by atoms with Crippen LogP contribution in [-0.2, 0) is 20.9 Å². The van der Waals surface area contributed by atoms with Gasteiger partial charge < -0.3 is 24.4 Å². The number of aliphatic hydroxyl groups excluding tert-OH is 1. The lowest BCUT2D eigenvalue weighted by Gasteiger charge is -2.23. The van der Waals surface area contributed by atoms with Crippen LogP contribution in [0.1, 0.15) is 50.6 Å². The van der Waals surface area contributed by atoms with E-state index in [9.17, 15) is 24.6 Å². The number of aryl methyl sites for hydroxylation is 2. The Morgan fingerprint density at radius 2 is 1.75 bits per heavy atom. The van der Waals surface area contributed by atoms with Crippen LogP contribution in [0.3, 0.4) is 0 Å². The minimum Gasteiger partial charge on any atom is -0.507 e. The standard InChI is InChI=1S/C33H30N2O8S/c1-5-42-25-16-21(11-13-23(25)36)27-26(29(38)31(39)35(27)33-34-19(3)30(44-33)32(40)41-4)28(37)22-12-14-24(18(2)15-22)43-17-20-9-7-6-8-10-20/h6-16,27,36-37H,5,17H2,1-4H3/b28-26-. The predicted molar refractivity (Wildman–Crippen MR) is 164 cm³/mol. The van der Waals surface area contributed by atoms with Gasteiger partial charge in [0.15, 0.2) is 16.6 Å². The van der Waals surface area contributed by atoms with Crippen LogP contribution in [0, 0.1) is 13.8 Å². The molecule has 1 saturated heterocycles. The number of benzene rings is 3. The summed E-state index contributed by atoms with van der Waals surface area (Å²) in [7, 11) is 1.24. The number of phenolic OH excluding ortho intramolecular Hbond substituents is 1. The van der Waals surface area contributed by atoms with Crippen LogP contribution in [0.2, 0.25) is 0 Å². The van der Waals surface area contributed by atoms with Crippen LogP contribution in [0.5, 0.6) is 17.2 Å². The van der Waals surface area contributed by atoms with Crippen molar-refractivity contribution in [3.05, 3.63) is 105 Å². The number of amides is 1. The summed E-state index contributed by atoms with van der Waals surface area (Å²) >= 11 is 0.895. The fourth-order valence-corrected chi connectivity index (χ4v) is 5.95. The van der Waals surface area contributed by atoms with E-state index in [-0.39, 0.29) is 33.7 Å². The number of aromatic nitrogens is 1. The molecule has 0 aliphatic carbocycles. The van der Waals surface area contributed by atoms with E-state index < -0.39 is 29.5 Å². The first kappa shape index (κ1) is 30.3. The number of nitrogens with zero attached hydrogens (tertiary/aromatic N) is 2. The van der Waals surface area contributed by atoms with Crippen LogP contribution in [0.25, 0.3) is 5.76 Å². The molecule has 0 saturated carbocycles. The number of hydrogen-bond donors (Lipinski definition) is 2. The SMILES string of the molecule is CCOc1cc(C2/C(=C(/O)c3ccc(OCc4ccccc4)c(C)c3)C(=O)C(=O)N2c2nc(C)c(C(=O)OC)s2)ccc1O. The van der Waals surface area contributed by atoms with Crippen molar-refractivity contribution < 1.29 is 38.8 Å². The van der Waals surface area contributed by atoms with E-state index in [1.54, 1.807) is 32.0 Å². The quantitative estimate of drug-likeness (QED) is 0.103. The first-order valence-corrected chi connectivity index (χ1v) is 14.6. The Morgan fingerprint density at radius 1 is 1.00 bits per heavy atom. The third-order valence-electron chi connectivity index (χ3n) is 7.09. The summed E-state index contributed by atoms with van der Waals surface area (Å²) in [6.45, 7) is 5.76. The largest absolute Gasteiger partial charge is 0.507 e. The topological polar surface area (TPSA) is 135 Å². The lowest BCUT2D eigenvalue weighted by molar-refractivity contribution is -0.132. The highest BCUT2D eigenvalue weighted by atomic mass is 32.1. The van der Waals surface area contributed by atoms with Gasteiger partial charge in [-0.15, -0.1) is 0 Å². The van der Waals surface area contributed by atoms with Crippen LogP contribution in [-0.4, -0.2) is 46.6 Å². The molecule has 5 rings (SSSR count). The molecule has 3 aromatic carbocycles. The van der Waals surface area contributed by atoms with Gasteiger partial charge in [0.25, 0.3) is 5.78 Å². The number of ketones is 1. The van der Waals surface area contributed by atoms with Gasteiger partial charge in [-0.05, 0) is 67.8 Å². The van der Waals surface area contributed by atoms with Gasteiger partial charge in [0.05, 0.1) is 31.0 Å². The molecule has 1 aliphatic rings. The van der Waals surface area contributed by atoms with Gasteiger partial charge in [0, 0.05) is 5.56 Å². The van der Waals surface area contributed by atoms with Gasteiger partial charge in [-0.25, -0.2) is 9.78 Å². The van der Waals surface area contributed by atoms with E-state index in [0.29, 0.717) is 34.7 Å². The first-order valence-electron chi connectivity index (χ1n) is 13.7. The third kappa shape index (κ3) is 5.73. The highest BCUT2D eigenvalue weighted by molar-refractivity contribution is 7.17. The Bertz CT molecular complexity index is 1780. The fourth-order valence-electron chi connectivity index (χ4n) is 4.93. The lowest BCUT2D eigenvalue weighted by Crippen LogP contribution is -2.29. The van der Waals surface area contributed by atoms with Crippen molar-refractivity contribution in [2.24, 2.45) is 0 Å². The monoisotopic (exact) mass is 614 g/mol. The molecular weight excluding hydrogens is 584 g/mol. The molecule has 1 unspecified atom stereocenters. The average molecular weight is 615 g/mol. The lowest BCUT2D eigenvalue weighted by atomic mass is 9.94. The number of anilines is 1. The predicted octanol–water partition coefficient (Wildman–Crippen LogP) is 5.86. The maximum absolute atomic E-state index is 13.6. The Labute approximate surface area is 257 Å². The molecule has 0 radical (unpaired) electrons. The van der Waals surface area contributed by atoms with Crippen LogP contribution in [0.4, 0.5) is 5.13 Å². The average Bonchev–Trinajstić information content (AvgIpc) is 3.53. The van der Waals surface area contributed by atoms with Crippen molar-refractivity contribution in [3.8, 4) is 17.2 Å². The van der Waals surface area contributed by atoms with E-state index in [1.807, 2.05) is 37.3 Å². The molecule has 2 heterocycles. The number of phenols is 1. The molecule has 11 heteroatoms.